The molecule has 3 heteroatoms. The molecule has 0 saturated heterocycles. The van der Waals surface area contributed by atoms with Gasteiger partial charge in [0, 0.05) is 10.7 Å². The van der Waals surface area contributed by atoms with Crippen molar-refractivity contribution in [2.45, 2.75) is 46.1 Å². The molecule has 0 atom stereocenters. The largest absolute Gasteiger partial charge is 0.394 e. The number of anilines is 1. The smallest absolute Gasteiger partial charge is 0.0661 e. The van der Waals surface area contributed by atoms with Gasteiger partial charge in [0.15, 0.2) is 0 Å². The van der Waals surface area contributed by atoms with Crippen LogP contribution in [0.15, 0.2) is 24.3 Å². The number of halogens is 1. The highest BCUT2D eigenvalue weighted by molar-refractivity contribution is 6.30. The average Bonchev–Trinajstić information content (AvgIpc) is 2.26. The van der Waals surface area contributed by atoms with E-state index in [2.05, 4.69) is 33.0 Å². The van der Waals surface area contributed by atoms with Crippen LogP contribution in [0.5, 0.6) is 0 Å². The van der Waals surface area contributed by atoms with E-state index in [1.807, 2.05) is 24.3 Å². The lowest BCUT2D eigenvalue weighted by atomic mass is 9.82. The Labute approximate surface area is 122 Å². The van der Waals surface area contributed by atoms with Gasteiger partial charge in [0.1, 0.15) is 0 Å². The van der Waals surface area contributed by atoms with Crippen molar-refractivity contribution in [3.8, 4) is 0 Å². The Hall–Kier alpha value is -0.730. The highest BCUT2D eigenvalue weighted by atomic mass is 35.5. The third kappa shape index (κ3) is 5.42. The average molecular weight is 284 g/mol. The van der Waals surface area contributed by atoms with E-state index in [9.17, 15) is 5.11 Å². The molecule has 0 fully saturated rings. The van der Waals surface area contributed by atoms with E-state index in [1.54, 1.807) is 0 Å². The Morgan fingerprint density at radius 3 is 2.16 bits per heavy atom. The van der Waals surface area contributed by atoms with E-state index in [-0.39, 0.29) is 12.1 Å². The van der Waals surface area contributed by atoms with Crippen LogP contribution in [0.25, 0.3) is 0 Å². The zero-order valence-electron chi connectivity index (χ0n) is 12.4. The van der Waals surface area contributed by atoms with Crippen LogP contribution >= 0.6 is 11.6 Å². The summed E-state index contributed by atoms with van der Waals surface area (Å²) in [6.45, 7) is 8.87. The molecule has 19 heavy (non-hydrogen) atoms. The van der Waals surface area contributed by atoms with Gasteiger partial charge in [-0.25, -0.2) is 0 Å². The summed E-state index contributed by atoms with van der Waals surface area (Å²) in [6, 6.07) is 7.69. The molecule has 0 unspecified atom stereocenters. The lowest BCUT2D eigenvalue weighted by Gasteiger charge is -2.37. The van der Waals surface area contributed by atoms with Crippen LogP contribution in [-0.4, -0.2) is 17.3 Å². The molecule has 0 amide bonds. The van der Waals surface area contributed by atoms with Gasteiger partial charge in [-0.2, -0.15) is 0 Å². The summed E-state index contributed by atoms with van der Waals surface area (Å²) < 4.78 is 0. The van der Waals surface area contributed by atoms with Crippen molar-refractivity contribution < 1.29 is 5.11 Å². The van der Waals surface area contributed by atoms with Gasteiger partial charge in [0.2, 0.25) is 0 Å². The third-order valence-electron chi connectivity index (χ3n) is 3.13. The van der Waals surface area contributed by atoms with Crippen molar-refractivity contribution in [1.82, 2.24) is 0 Å². The Kier molecular flexibility index (Phi) is 6.15. The minimum absolute atomic E-state index is 0.135. The quantitative estimate of drug-likeness (QED) is 0.768. The molecule has 2 nitrogen and oxygen atoms in total. The summed E-state index contributed by atoms with van der Waals surface area (Å²) in [6.07, 6.45) is 1.88. The van der Waals surface area contributed by atoms with E-state index in [1.165, 1.54) is 0 Å². The van der Waals surface area contributed by atoms with Gasteiger partial charge in [-0.3, -0.25) is 0 Å². The standard InChI is InChI=1S/C16H26ClNO/c1-12(2)9-16(11-19,10-13(3)4)18-15-7-5-6-14(17)8-15/h5-8,12-13,18-19H,9-11H2,1-4H3. The van der Waals surface area contributed by atoms with Crippen molar-refractivity contribution in [2.24, 2.45) is 11.8 Å². The molecule has 2 N–H and O–H groups in total. The summed E-state index contributed by atoms with van der Waals surface area (Å²) in [7, 11) is 0. The van der Waals surface area contributed by atoms with E-state index < -0.39 is 0 Å². The monoisotopic (exact) mass is 283 g/mol. The second kappa shape index (κ2) is 7.16. The molecule has 0 saturated carbocycles. The number of hydrogen-bond acceptors (Lipinski definition) is 2. The first-order chi connectivity index (χ1) is 8.87. The molecular weight excluding hydrogens is 258 g/mol. The van der Waals surface area contributed by atoms with Crippen LogP contribution in [-0.2, 0) is 0 Å². The molecule has 0 aromatic heterocycles. The second-order valence-corrected chi connectivity index (χ2v) is 6.71. The van der Waals surface area contributed by atoms with Crippen LogP contribution in [0, 0.1) is 11.8 Å². The van der Waals surface area contributed by atoms with Gasteiger partial charge in [0.05, 0.1) is 12.1 Å². The zero-order chi connectivity index (χ0) is 14.5. The Bertz CT molecular complexity index is 380. The van der Waals surface area contributed by atoms with Gasteiger partial charge in [-0.15, -0.1) is 0 Å². The van der Waals surface area contributed by atoms with Crippen LogP contribution in [0.3, 0.4) is 0 Å². The number of aliphatic hydroxyl groups is 1. The van der Waals surface area contributed by atoms with Gasteiger partial charge in [-0.1, -0.05) is 45.4 Å². The highest BCUT2D eigenvalue weighted by Gasteiger charge is 2.31. The SMILES string of the molecule is CC(C)CC(CO)(CC(C)C)Nc1cccc(Cl)c1. The second-order valence-electron chi connectivity index (χ2n) is 6.27. The first kappa shape index (κ1) is 16.3. The molecule has 1 aromatic carbocycles. The minimum Gasteiger partial charge on any atom is -0.394 e. The van der Waals surface area contributed by atoms with Gasteiger partial charge >= 0.3 is 0 Å². The fourth-order valence-electron chi connectivity index (χ4n) is 2.79. The van der Waals surface area contributed by atoms with Crippen LogP contribution < -0.4 is 5.32 Å². The first-order valence-corrected chi connectivity index (χ1v) is 7.39. The molecule has 0 radical (unpaired) electrons. The molecule has 0 heterocycles. The molecule has 1 aromatic rings. The summed E-state index contributed by atoms with van der Waals surface area (Å²) in [4.78, 5) is 0. The van der Waals surface area contributed by atoms with Crippen molar-refractivity contribution in [3.05, 3.63) is 29.3 Å². The maximum atomic E-state index is 9.91. The summed E-state index contributed by atoms with van der Waals surface area (Å²) >= 11 is 6.03. The van der Waals surface area contributed by atoms with E-state index in [0.29, 0.717) is 16.9 Å². The molecule has 1 rings (SSSR count). The highest BCUT2D eigenvalue weighted by Crippen LogP contribution is 2.29. The molecule has 0 bridgehead atoms. The Morgan fingerprint density at radius 2 is 1.74 bits per heavy atom. The van der Waals surface area contributed by atoms with Crippen molar-refractivity contribution in [1.29, 1.82) is 0 Å². The summed E-state index contributed by atoms with van der Waals surface area (Å²) in [5.74, 6) is 1.05. The Balaban J connectivity index is 2.94. The predicted octanol–water partition coefficient (Wildman–Crippen LogP) is 4.58. The van der Waals surface area contributed by atoms with E-state index in [4.69, 9.17) is 11.6 Å². The molecule has 0 spiro atoms. The fraction of sp³-hybridized carbons (Fsp3) is 0.625. The molecular formula is C16H26ClNO. The van der Waals surface area contributed by atoms with E-state index in [0.717, 1.165) is 18.5 Å². The van der Waals surface area contributed by atoms with Gasteiger partial charge in [0.25, 0.3) is 0 Å². The maximum Gasteiger partial charge on any atom is 0.0661 e. The molecule has 108 valence electrons. The van der Waals surface area contributed by atoms with Gasteiger partial charge in [-0.05, 0) is 42.9 Å². The Morgan fingerprint density at radius 1 is 1.16 bits per heavy atom. The zero-order valence-corrected chi connectivity index (χ0v) is 13.2. The predicted molar refractivity (Wildman–Crippen MR) is 83.8 cm³/mol. The summed E-state index contributed by atoms with van der Waals surface area (Å²) in [5, 5.41) is 14.1. The van der Waals surface area contributed by atoms with Crippen LogP contribution in [0.4, 0.5) is 5.69 Å². The maximum absolute atomic E-state index is 9.91. The van der Waals surface area contributed by atoms with Gasteiger partial charge < -0.3 is 10.4 Å². The lowest BCUT2D eigenvalue weighted by Crippen LogP contribution is -2.44. The molecule has 0 aliphatic rings. The number of benzene rings is 1. The number of hydrogen-bond donors (Lipinski definition) is 2. The van der Waals surface area contributed by atoms with Crippen LogP contribution in [0.1, 0.15) is 40.5 Å². The topological polar surface area (TPSA) is 32.3 Å². The van der Waals surface area contributed by atoms with Crippen molar-refractivity contribution >= 4 is 17.3 Å². The first-order valence-electron chi connectivity index (χ1n) is 7.01. The van der Waals surface area contributed by atoms with E-state index >= 15 is 0 Å². The number of aliphatic hydroxyl groups excluding tert-OH is 1. The third-order valence-corrected chi connectivity index (χ3v) is 3.37. The van der Waals surface area contributed by atoms with Crippen molar-refractivity contribution in [2.75, 3.05) is 11.9 Å². The minimum atomic E-state index is -0.271. The number of nitrogens with one attached hydrogen (secondary N) is 1. The summed E-state index contributed by atoms with van der Waals surface area (Å²) in [5.41, 5.74) is 0.704. The normalized spacial score (nSPS) is 12.2. The van der Waals surface area contributed by atoms with Crippen LogP contribution in [0.2, 0.25) is 5.02 Å². The lowest BCUT2D eigenvalue weighted by molar-refractivity contribution is 0.168. The molecule has 0 aliphatic heterocycles. The van der Waals surface area contributed by atoms with Crippen molar-refractivity contribution in [3.63, 3.8) is 0 Å². The number of rotatable bonds is 7. The fourth-order valence-corrected chi connectivity index (χ4v) is 2.98. The molecule has 0 aliphatic carbocycles.